The van der Waals surface area contributed by atoms with Gasteiger partial charge < -0.3 is 29.4 Å². The van der Waals surface area contributed by atoms with Crippen molar-refractivity contribution in [2.45, 2.75) is 18.2 Å². The molecule has 0 fully saturated rings. The Morgan fingerprint density at radius 3 is 2.70 bits per heavy atom. The smallest absolute Gasteiger partial charge is 0.339 e. The fourth-order valence-electron chi connectivity index (χ4n) is 4.39. The highest BCUT2D eigenvalue weighted by molar-refractivity contribution is 5.97. The Morgan fingerprint density at radius 2 is 1.94 bits per heavy atom. The topological polar surface area (TPSA) is 117 Å². The molecule has 0 bridgehead atoms. The third-order valence-corrected chi connectivity index (χ3v) is 5.93. The van der Waals surface area contributed by atoms with E-state index in [-0.39, 0.29) is 17.7 Å². The zero-order valence-corrected chi connectivity index (χ0v) is 18.2. The van der Waals surface area contributed by atoms with Gasteiger partial charge in [-0.1, -0.05) is 24.3 Å². The van der Waals surface area contributed by atoms with Crippen molar-refractivity contribution in [1.82, 2.24) is 14.8 Å². The first kappa shape index (κ1) is 20.7. The van der Waals surface area contributed by atoms with Crippen molar-refractivity contribution in [3.05, 3.63) is 59.4 Å². The van der Waals surface area contributed by atoms with Gasteiger partial charge in [0, 0.05) is 17.5 Å². The first-order valence-corrected chi connectivity index (χ1v) is 10.2. The Balaban J connectivity index is 1.72. The summed E-state index contributed by atoms with van der Waals surface area (Å²) in [5.74, 6) is 1.08. The van der Waals surface area contributed by atoms with Crippen LogP contribution in [0.15, 0.2) is 48.3 Å². The largest absolute Gasteiger partial charge is 0.504 e. The molecule has 1 spiro atoms. The van der Waals surface area contributed by atoms with Crippen molar-refractivity contribution in [3.63, 3.8) is 0 Å². The Kier molecular flexibility index (Phi) is 4.85. The molecular weight excluding hydrogens is 428 g/mol. The van der Waals surface area contributed by atoms with E-state index in [1.54, 1.807) is 37.5 Å². The number of hydrogen-bond acceptors (Lipinski definition) is 9. The molecule has 2 aliphatic rings. The molecule has 170 valence electrons. The number of hydrogen-bond donors (Lipinski definition) is 2. The van der Waals surface area contributed by atoms with E-state index in [0.29, 0.717) is 34.3 Å². The average Bonchev–Trinajstić information content (AvgIpc) is 3.32. The van der Waals surface area contributed by atoms with Crippen molar-refractivity contribution in [2.24, 2.45) is 0 Å². The zero-order valence-electron chi connectivity index (χ0n) is 18.2. The molecule has 0 saturated carbocycles. The van der Waals surface area contributed by atoms with Gasteiger partial charge >= 0.3 is 5.97 Å². The van der Waals surface area contributed by atoms with E-state index < -0.39 is 17.7 Å². The second-order valence-electron chi connectivity index (χ2n) is 7.61. The second-order valence-corrected chi connectivity index (χ2v) is 7.61. The minimum Gasteiger partial charge on any atom is -0.504 e. The molecular formula is C23H22N4O6. The molecule has 1 aromatic heterocycles. The van der Waals surface area contributed by atoms with Gasteiger partial charge in [-0.15, -0.1) is 0 Å². The first-order valence-electron chi connectivity index (χ1n) is 10.2. The number of benzene rings is 2. The van der Waals surface area contributed by atoms with Crippen molar-refractivity contribution in [1.29, 1.82) is 0 Å². The molecule has 10 heteroatoms. The van der Waals surface area contributed by atoms with Crippen molar-refractivity contribution in [2.75, 3.05) is 26.6 Å². The molecule has 2 N–H and O–H groups in total. The van der Waals surface area contributed by atoms with Gasteiger partial charge in [0.05, 0.1) is 27.4 Å². The van der Waals surface area contributed by atoms with Gasteiger partial charge in [-0.2, -0.15) is 14.8 Å². The third-order valence-electron chi connectivity index (χ3n) is 5.93. The van der Waals surface area contributed by atoms with Crippen LogP contribution in [-0.2, 0) is 15.3 Å². The third kappa shape index (κ3) is 3.05. The lowest BCUT2D eigenvalue weighted by Crippen LogP contribution is -2.51. The number of carbonyl (C=O) groups excluding carboxylic acids is 1. The lowest BCUT2D eigenvalue weighted by atomic mass is 9.86. The molecule has 0 unspecified atom stereocenters. The highest BCUT2D eigenvalue weighted by Crippen LogP contribution is 2.51. The number of rotatable bonds is 4. The van der Waals surface area contributed by atoms with Crippen LogP contribution in [0.25, 0.3) is 6.08 Å². The molecule has 2 atom stereocenters. The molecule has 33 heavy (non-hydrogen) atoms. The lowest BCUT2D eigenvalue weighted by Gasteiger charge is -2.44. The maximum atomic E-state index is 13.0. The van der Waals surface area contributed by atoms with Crippen molar-refractivity contribution < 1.29 is 28.8 Å². The summed E-state index contributed by atoms with van der Waals surface area (Å²) >= 11 is 0. The Labute approximate surface area is 189 Å². The summed E-state index contributed by atoms with van der Waals surface area (Å²) in [5.41, 5.74) is 0.0563. The Hall–Kier alpha value is -4.21. The molecule has 10 nitrogen and oxygen atoms in total. The quantitative estimate of drug-likeness (QED) is 0.579. The van der Waals surface area contributed by atoms with Crippen molar-refractivity contribution in [3.8, 4) is 23.0 Å². The fraction of sp³-hybridized carbons (Fsp3) is 0.261. The number of fused-ring (bicyclic) bond motifs is 3. The predicted molar refractivity (Wildman–Crippen MR) is 117 cm³/mol. The van der Waals surface area contributed by atoms with Crippen LogP contribution in [0, 0.1) is 0 Å². The van der Waals surface area contributed by atoms with Crippen molar-refractivity contribution >= 4 is 18.0 Å². The van der Waals surface area contributed by atoms with E-state index >= 15 is 0 Å². The molecule has 0 saturated heterocycles. The second kappa shape index (κ2) is 7.73. The number of anilines is 1. The number of para-hydroxylation sites is 2. The molecule has 0 amide bonds. The summed E-state index contributed by atoms with van der Waals surface area (Å²) in [4.78, 5) is 17.3. The van der Waals surface area contributed by atoms with E-state index in [0.717, 1.165) is 0 Å². The first-order chi connectivity index (χ1) is 16.0. The number of ether oxygens (including phenoxy) is 4. The van der Waals surface area contributed by atoms with E-state index in [4.69, 9.17) is 18.9 Å². The monoisotopic (exact) mass is 450 g/mol. The highest BCUT2D eigenvalue weighted by Gasteiger charge is 2.53. The number of carbonyl (C=O) groups is 1. The maximum Gasteiger partial charge on any atom is 0.339 e. The molecule has 2 aromatic carbocycles. The van der Waals surface area contributed by atoms with Gasteiger partial charge in [0.25, 0.3) is 0 Å². The maximum absolute atomic E-state index is 13.0. The molecule has 5 rings (SSSR count). The van der Waals surface area contributed by atoms with Gasteiger partial charge in [0.15, 0.2) is 23.0 Å². The molecule has 0 radical (unpaired) electrons. The van der Waals surface area contributed by atoms with Crippen LogP contribution < -0.4 is 19.5 Å². The zero-order chi connectivity index (χ0) is 23.2. The van der Waals surface area contributed by atoms with Crippen LogP contribution >= 0.6 is 0 Å². The normalized spacial score (nSPS) is 20.6. The number of methoxy groups -OCH3 is 3. The van der Waals surface area contributed by atoms with Crippen LogP contribution in [0.4, 0.5) is 5.95 Å². The van der Waals surface area contributed by atoms with Gasteiger partial charge in [0.1, 0.15) is 11.9 Å². The van der Waals surface area contributed by atoms with E-state index in [2.05, 4.69) is 15.4 Å². The summed E-state index contributed by atoms with van der Waals surface area (Å²) in [6, 6.07) is 10.1. The number of aromatic hydroxyl groups is 1. The minimum absolute atomic E-state index is 0.0157. The highest BCUT2D eigenvalue weighted by atomic mass is 16.6. The summed E-state index contributed by atoms with van der Waals surface area (Å²) in [5, 5.41) is 18.4. The molecule has 3 aromatic rings. The molecule has 0 aliphatic carbocycles. The average molecular weight is 450 g/mol. The number of phenolic OH excluding ortho intramolecular Hbond substituents is 1. The van der Waals surface area contributed by atoms with E-state index in [9.17, 15) is 9.90 Å². The molecule has 2 aliphatic heterocycles. The fourth-order valence-corrected chi connectivity index (χ4v) is 4.39. The van der Waals surface area contributed by atoms with Gasteiger partial charge in [-0.25, -0.2) is 4.79 Å². The van der Waals surface area contributed by atoms with Gasteiger partial charge in [0.2, 0.25) is 11.7 Å². The van der Waals surface area contributed by atoms with Gasteiger partial charge in [-0.3, -0.25) is 0 Å². The van der Waals surface area contributed by atoms with E-state index in [1.165, 1.54) is 25.2 Å². The van der Waals surface area contributed by atoms with Crippen LogP contribution in [0.2, 0.25) is 0 Å². The van der Waals surface area contributed by atoms with Gasteiger partial charge in [-0.05, 0) is 18.2 Å². The standard InChI is InChI=1S/C23H22N4O6/c1-30-17-8-5-7-14(19(17)28)16-11-23(27-22(26-16)24-12-25-27)15(21(29)32-3)10-13-6-4-9-18(31-2)20(13)33-23/h4-10,12,16,28H,11H2,1-3H3,(H,24,25,26)/t16-,23-/m0/s1. The SMILES string of the molecule is COC(=O)C1=Cc2cccc(OC)c2O[C@@]12C[C@@H](c1cccc(OC)c1O)Nc1ncnn12. The number of aromatic nitrogens is 3. The van der Waals surface area contributed by atoms with Crippen LogP contribution in [0.5, 0.6) is 23.0 Å². The number of nitrogens with zero attached hydrogens (tertiary/aromatic N) is 3. The number of esters is 1. The predicted octanol–water partition coefficient (Wildman–Crippen LogP) is 2.86. The summed E-state index contributed by atoms with van der Waals surface area (Å²) in [7, 11) is 4.34. The summed E-state index contributed by atoms with van der Waals surface area (Å²) in [6.45, 7) is 0. The summed E-state index contributed by atoms with van der Waals surface area (Å²) < 4.78 is 24.0. The van der Waals surface area contributed by atoms with Crippen LogP contribution in [0.3, 0.4) is 0 Å². The molecule has 3 heterocycles. The Morgan fingerprint density at radius 1 is 1.18 bits per heavy atom. The minimum atomic E-state index is -1.41. The van der Waals surface area contributed by atoms with Crippen LogP contribution in [0.1, 0.15) is 23.6 Å². The Bertz CT molecular complexity index is 1270. The lowest BCUT2D eigenvalue weighted by molar-refractivity contribution is -0.140. The number of nitrogens with one attached hydrogen (secondary N) is 1. The van der Waals surface area contributed by atoms with E-state index in [1.807, 2.05) is 12.1 Å². The van der Waals surface area contributed by atoms with Crippen LogP contribution in [-0.4, -0.2) is 47.2 Å². The number of phenols is 1. The summed E-state index contributed by atoms with van der Waals surface area (Å²) in [6.07, 6.45) is 3.27.